The molecule has 0 aliphatic heterocycles. The Balaban J connectivity index is 0.950. The van der Waals surface area contributed by atoms with E-state index in [1.807, 2.05) is 0 Å². The van der Waals surface area contributed by atoms with Crippen LogP contribution < -0.4 is 10.6 Å². The molecule has 0 aliphatic rings. The summed E-state index contributed by atoms with van der Waals surface area (Å²) >= 11 is 0. The molecular weight excluding hydrogens is 1050 g/mol. The molecule has 0 radical (unpaired) electrons. The molecule has 376 valence electrons. The molecule has 8 rings (SSSR count). The summed E-state index contributed by atoms with van der Waals surface area (Å²) in [5.41, 5.74) is -1.26. The van der Waals surface area contributed by atoms with Crippen molar-refractivity contribution in [3.63, 3.8) is 0 Å². The van der Waals surface area contributed by atoms with Gasteiger partial charge in [0, 0.05) is 45.7 Å². The van der Waals surface area contributed by atoms with Gasteiger partial charge in [-0.05, 0) is 120 Å². The molecule has 0 atom stereocenters. The van der Waals surface area contributed by atoms with Crippen LogP contribution in [-0.4, -0.2) is 83.9 Å². The number of pyridine rings is 2. The summed E-state index contributed by atoms with van der Waals surface area (Å²) in [6.45, 7) is 0. The Hall–Kier alpha value is -8.74. The SMILES string of the molecule is O=C(Nc1ccc(C=Cc2ccc(NC(=O)c3ccc(N=Nc4cc(S(=O)(=O)O)c5cccnc5c4O)cc3)cc2S(=O)(=O)O)c(S(=O)(=O)O)c1)c1ccc(N=Nc2cc(S(=O)(=O)O)c3cccnc3c2O)cc1. The number of amides is 2. The van der Waals surface area contributed by atoms with Crippen molar-refractivity contribution in [2.45, 2.75) is 19.6 Å². The van der Waals surface area contributed by atoms with E-state index in [0.717, 1.165) is 36.4 Å². The largest absolute Gasteiger partial charge is 0.504 e. The average molecular weight is 1080 g/mol. The van der Waals surface area contributed by atoms with Crippen molar-refractivity contribution in [1.29, 1.82) is 0 Å². The van der Waals surface area contributed by atoms with Crippen molar-refractivity contribution in [2.75, 3.05) is 10.6 Å². The molecule has 8 aromatic rings. The van der Waals surface area contributed by atoms with Crippen LogP contribution >= 0.6 is 0 Å². The molecule has 2 aromatic heterocycles. The minimum Gasteiger partial charge on any atom is -0.504 e. The molecule has 8 N–H and O–H groups in total. The molecule has 2 heterocycles. The number of carbonyl (C=O) groups excluding carboxylic acids is 2. The Kier molecular flexibility index (Phi) is 14.0. The number of aromatic hydroxyl groups is 2. The fourth-order valence-electron chi connectivity index (χ4n) is 7.06. The van der Waals surface area contributed by atoms with Gasteiger partial charge in [-0.3, -0.25) is 37.8 Å². The molecule has 0 saturated heterocycles. The Morgan fingerprint density at radius 1 is 0.446 bits per heavy atom. The van der Waals surface area contributed by atoms with Crippen LogP contribution in [0.1, 0.15) is 31.8 Å². The third-order valence-corrected chi connectivity index (χ3v) is 14.1. The number of anilines is 2. The summed E-state index contributed by atoms with van der Waals surface area (Å²) in [7, 11) is -19.5. The molecule has 0 fully saturated rings. The minimum atomic E-state index is -5.00. The van der Waals surface area contributed by atoms with Crippen molar-refractivity contribution in [1.82, 2.24) is 9.97 Å². The van der Waals surface area contributed by atoms with E-state index < -0.39 is 83.4 Å². The lowest BCUT2D eigenvalue weighted by molar-refractivity contribution is 0.101. The van der Waals surface area contributed by atoms with Gasteiger partial charge in [-0.15, -0.1) is 10.2 Å². The second kappa shape index (κ2) is 20.0. The molecule has 6 aromatic carbocycles. The zero-order valence-electron chi connectivity index (χ0n) is 36.9. The molecular formula is C46H32N8O16S4. The average Bonchev–Trinajstić information content (AvgIpc) is 3.35. The van der Waals surface area contributed by atoms with Gasteiger partial charge in [0.2, 0.25) is 0 Å². The molecule has 74 heavy (non-hydrogen) atoms. The van der Waals surface area contributed by atoms with Gasteiger partial charge in [-0.1, -0.05) is 24.3 Å². The summed E-state index contributed by atoms with van der Waals surface area (Å²) in [6, 6.07) is 24.6. The van der Waals surface area contributed by atoms with E-state index in [-0.39, 0.29) is 78.2 Å². The predicted molar refractivity (Wildman–Crippen MR) is 265 cm³/mol. The van der Waals surface area contributed by atoms with Gasteiger partial charge in [-0.2, -0.15) is 43.9 Å². The van der Waals surface area contributed by atoms with E-state index in [4.69, 9.17) is 0 Å². The van der Waals surface area contributed by atoms with Crippen molar-refractivity contribution in [3.05, 3.63) is 156 Å². The van der Waals surface area contributed by atoms with E-state index in [9.17, 15) is 71.7 Å². The summed E-state index contributed by atoms with van der Waals surface area (Å²) in [6.07, 6.45) is 4.79. The fraction of sp³-hybridized carbons (Fsp3) is 0. The van der Waals surface area contributed by atoms with Crippen molar-refractivity contribution >= 4 is 120 Å². The van der Waals surface area contributed by atoms with Gasteiger partial charge in [0.1, 0.15) is 42.0 Å². The third kappa shape index (κ3) is 11.5. The number of benzene rings is 6. The zero-order valence-corrected chi connectivity index (χ0v) is 40.2. The maximum absolute atomic E-state index is 13.2. The Morgan fingerprint density at radius 2 is 0.797 bits per heavy atom. The number of nitrogens with zero attached hydrogens (tertiary/aromatic N) is 6. The summed E-state index contributed by atoms with van der Waals surface area (Å²) in [5.74, 6) is -2.54. The number of phenolic OH excluding ortho intramolecular Hbond substituents is 2. The maximum atomic E-state index is 13.2. The second-order valence-electron chi connectivity index (χ2n) is 15.4. The molecule has 0 bridgehead atoms. The van der Waals surface area contributed by atoms with E-state index in [2.05, 4.69) is 41.1 Å². The number of rotatable bonds is 14. The first kappa shape index (κ1) is 51.6. The topological polar surface area (TPSA) is 391 Å². The summed E-state index contributed by atoms with van der Waals surface area (Å²) in [4.78, 5) is 31.7. The highest BCUT2D eigenvalue weighted by Crippen LogP contribution is 2.40. The first-order valence-electron chi connectivity index (χ1n) is 20.6. The molecule has 24 nitrogen and oxygen atoms in total. The highest BCUT2D eigenvalue weighted by Gasteiger charge is 2.23. The quantitative estimate of drug-likeness (QED) is 0.0286. The highest BCUT2D eigenvalue weighted by molar-refractivity contribution is 7.86. The number of fused-ring (bicyclic) bond motifs is 2. The van der Waals surface area contributed by atoms with Crippen molar-refractivity contribution in [3.8, 4) is 11.5 Å². The van der Waals surface area contributed by atoms with Crippen LogP contribution in [0.5, 0.6) is 11.5 Å². The lowest BCUT2D eigenvalue weighted by Gasteiger charge is -2.11. The van der Waals surface area contributed by atoms with E-state index in [1.54, 1.807) is 0 Å². The number of hydrogen-bond donors (Lipinski definition) is 8. The normalized spacial score (nSPS) is 12.5. The van der Waals surface area contributed by atoms with Crippen molar-refractivity contribution < 1.29 is 71.7 Å². The second-order valence-corrected chi connectivity index (χ2v) is 21.0. The first-order chi connectivity index (χ1) is 34.8. The van der Waals surface area contributed by atoms with Gasteiger partial charge >= 0.3 is 0 Å². The monoisotopic (exact) mass is 1080 g/mol. The third-order valence-electron chi connectivity index (χ3n) is 10.5. The van der Waals surface area contributed by atoms with Gasteiger partial charge in [-0.25, -0.2) is 0 Å². The standard InChI is InChI=1S/C46H32N8O16S4/c55-43-35(23-39(73(65,66)67)33-3-1-19-47-41(33)43)53-51-29-13-9-27(10-14-29)45(57)49-31-17-7-25(37(21-31)71(59,60)61)5-6-26-8-18-32(22-38(26)72(62,63)64)50-46(58)28-11-15-30(16-12-28)52-54-36-24-40(74(68,69)70)34-4-2-20-48-42(34)44(36)56/h1-24,55-56H,(H,49,57)(H,50,58)(H,59,60,61)(H,62,63,64)(H,65,66,67)(H,68,69,70). The lowest BCUT2D eigenvalue weighted by Crippen LogP contribution is -2.12. The van der Waals surface area contributed by atoms with E-state index in [0.29, 0.717) is 0 Å². The van der Waals surface area contributed by atoms with E-state index in [1.165, 1.54) is 109 Å². The van der Waals surface area contributed by atoms with Crippen molar-refractivity contribution in [2.24, 2.45) is 20.5 Å². The molecule has 0 unspecified atom stereocenters. The maximum Gasteiger partial charge on any atom is 0.295 e. The Morgan fingerprint density at radius 3 is 1.14 bits per heavy atom. The zero-order chi connectivity index (χ0) is 53.3. The smallest absolute Gasteiger partial charge is 0.295 e. The lowest BCUT2D eigenvalue weighted by atomic mass is 10.1. The fourth-order valence-corrected chi connectivity index (χ4v) is 9.89. The first-order valence-corrected chi connectivity index (χ1v) is 26.3. The van der Waals surface area contributed by atoms with Crippen LogP contribution in [0.3, 0.4) is 0 Å². The number of phenols is 2. The van der Waals surface area contributed by atoms with Gasteiger partial charge < -0.3 is 20.8 Å². The number of azo groups is 2. The Bertz CT molecular complexity index is 3930. The molecule has 0 spiro atoms. The molecule has 28 heteroatoms. The number of carbonyl (C=O) groups is 2. The number of hydrogen-bond acceptors (Lipinski definition) is 18. The van der Waals surface area contributed by atoms with Crippen LogP contribution in [0.2, 0.25) is 0 Å². The minimum absolute atomic E-state index is 0.0303. The van der Waals surface area contributed by atoms with Crippen LogP contribution in [0.25, 0.3) is 34.0 Å². The Labute approximate surface area is 418 Å². The molecule has 0 aliphatic carbocycles. The van der Waals surface area contributed by atoms with Crippen LogP contribution in [0, 0.1) is 0 Å². The highest BCUT2D eigenvalue weighted by atomic mass is 32.2. The van der Waals surface area contributed by atoms with Crippen LogP contribution in [-0.2, 0) is 40.5 Å². The molecule has 0 saturated carbocycles. The molecule has 2 amide bonds. The van der Waals surface area contributed by atoms with E-state index >= 15 is 0 Å². The number of nitrogens with one attached hydrogen (secondary N) is 2. The predicted octanol–water partition coefficient (Wildman–Crippen LogP) is 8.69. The number of aromatic nitrogens is 2. The van der Waals surface area contributed by atoms with Crippen LogP contribution in [0.4, 0.5) is 34.1 Å². The van der Waals surface area contributed by atoms with Crippen LogP contribution in [0.15, 0.2) is 174 Å². The van der Waals surface area contributed by atoms with Gasteiger partial charge in [0.25, 0.3) is 52.3 Å². The summed E-state index contributed by atoms with van der Waals surface area (Å²) < 4.78 is 138. The summed E-state index contributed by atoms with van der Waals surface area (Å²) in [5, 5.41) is 41.8. The van der Waals surface area contributed by atoms with Gasteiger partial charge in [0.15, 0.2) is 11.5 Å². The van der Waals surface area contributed by atoms with Gasteiger partial charge in [0.05, 0.1) is 11.4 Å².